The number of hydrogen-bond donors (Lipinski definition) is 0. The van der Waals surface area contributed by atoms with Crippen LogP contribution in [0.4, 0.5) is 34.1 Å². The van der Waals surface area contributed by atoms with Gasteiger partial charge in [0.25, 0.3) is 0 Å². The highest BCUT2D eigenvalue weighted by atomic mass is 15.1. The molecule has 0 saturated heterocycles. The molecule has 0 bridgehead atoms. The summed E-state index contributed by atoms with van der Waals surface area (Å²) in [4.78, 5) is 4.69. The topological polar surface area (TPSA) is 6.48 Å². The van der Waals surface area contributed by atoms with E-state index in [0.717, 1.165) is 45.3 Å². The molecule has 11 aromatic carbocycles. The smallest absolute Gasteiger partial charge is 0.0468 e. The van der Waals surface area contributed by atoms with Crippen LogP contribution < -0.4 is 9.80 Å². The van der Waals surface area contributed by atoms with Crippen molar-refractivity contribution in [3.8, 4) is 0 Å². The van der Waals surface area contributed by atoms with Gasteiger partial charge in [-0.3, -0.25) is 0 Å². The second-order valence-corrected chi connectivity index (χ2v) is 15.5. The van der Waals surface area contributed by atoms with E-state index in [2.05, 4.69) is 252 Å². The summed E-state index contributed by atoms with van der Waals surface area (Å²) in [7, 11) is 0. The van der Waals surface area contributed by atoms with Gasteiger partial charge < -0.3 is 9.80 Å². The van der Waals surface area contributed by atoms with Crippen LogP contribution in [0, 0.1) is 0 Å². The molecule has 60 heavy (non-hydrogen) atoms. The van der Waals surface area contributed by atoms with E-state index in [1.165, 1.54) is 53.9 Å². The molecule has 0 aromatic heterocycles. The number of anilines is 6. The predicted octanol–water partition coefficient (Wildman–Crippen LogP) is 16.6. The van der Waals surface area contributed by atoms with E-state index >= 15 is 0 Å². The predicted molar refractivity (Wildman–Crippen MR) is 259 cm³/mol. The van der Waals surface area contributed by atoms with Crippen molar-refractivity contribution in [2.75, 3.05) is 9.80 Å². The van der Waals surface area contributed by atoms with Gasteiger partial charge in [-0.1, -0.05) is 140 Å². The van der Waals surface area contributed by atoms with Crippen LogP contribution in [0.2, 0.25) is 0 Å². The number of fused-ring (bicyclic) bond motifs is 5. The molecule has 0 aliphatic rings. The van der Waals surface area contributed by atoms with Gasteiger partial charge in [0.2, 0.25) is 0 Å². The van der Waals surface area contributed by atoms with E-state index in [-0.39, 0.29) is 0 Å². The maximum absolute atomic E-state index is 2.35. The molecule has 0 aliphatic carbocycles. The Balaban J connectivity index is 0.876. The lowest BCUT2D eigenvalue weighted by Crippen LogP contribution is -2.09. The number of para-hydroxylation sites is 2. The summed E-state index contributed by atoms with van der Waals surface area (Å²) >= 11 is 0. The second-order valence-electron chi connectivity index (χ2n) is 15.5. The van der Waals surface area contributed by atoms with Gasteiger partial charge in [-0.05, 0) is 168 Å². The van der Waals surface area contributed by atoms with Gasteiger partial charge in [-0.15, -0.1) is 0 Å². The van der Waals surface area contributed by atoms with E-state index in [4.69, 9.17) is 0 Å². The summed E-state index contributed by atoms with van der Waals surface area (Å²) in [5.41, 5.74) is 9.06. The Morgan fingerprint density at radius 3 is 1.00 bits per heavy atom. The average Bonchev–Trinajstić information content (AvgIpc) is 3.30. The van der Waals surface area contributed by atoms with Crippen LogP contribution in [0.3, 0.4) is 0 Å². The van der Waals surface area contributed by atoms with Crippen molar-refractivity contribution in [2.45, 2.75) is 0 Å². The van der Waals surface area contributed by atoms with Crippen LogP contribution in [0.1, 0.15) is 11.1 Å². The highest BCUT2D eigenvalue weighted by Crippen LogP contribution is 2.39. The number of hydrogen-bond acceptors (Lipinski definition) is 2. The minimum Gasteiger partial charge on any atom is -0.310 e. The van der Waals surface area contributed by atoms with E-state index in [9.17, 15) is 0 Å². The molecule has 0 unspecified atom stereocenters. The van der Waals surface area contributed by atoms with E-state index in [1.54, 1.807) is 0 Å². The summed E-state index contributed by atoms with van der Waals surface area (Å²) in [5.74, 6) is 0. The molecule has 11 rings (SSSR count). The highest BCUT2D eigenvalue weighted by molar-refractivity contribution is 6.02. The summed E-state index contributed by atoms with van der Waals surface area (Å²) in [5, 5.41) is 12.4. The molecule has 0 saturated carbocycles. The van der Waals surface area contributed by atoms with Crippen molar-refractivity contribution < 1.29 is 0 Å². The zero-order valence-electron chi connectivity index (χ0n) is 33.0. The van der Waals surface area contributed by atoms with Crippen molar-refractivity contribution in [3.05, 3.63) is 242 Å². The van der Waals surface area contributed by atoms with Crippen molar-refractivity contribution in [3.63, 3.8) is 0 Å². The molecule has 282 valence electrons. The first kappa shape index (κ1) is 35.2. The number of benzene rings is 11. The van der Waals surface area contributed by atoms with Crippen molar-refractivity contribution in [1.82, 2.24) is 0 Å². The maximum atomic E-state index is 2.35. The van der Waals surface area contributed by atoms with Crippen molar-refractivity contribution in [2.24, 2.45) is 0 Å². The monoisotopic (exact) mass is 764 g/mol. The largest absolute Gasteiger partial charge is 0.310 e. The molecule has 2 nitrogen and oxygen atoms in total. The molecule has 0 radical (unpaired) electrons. The molecule has 0 N–H and O–H groups in total. The van der Waals surface area contributed by atoms with Crippen LogP contribution >= 0.6 is 0 Å². The molecule has 0 spiro atoms. The summed E-state index contributed by atoms with van der Waals surface area (Å²) in [6.07, 6.45) is 4.41. The average molecular weight is 765 g/mol. The summed E-state index contributed by atoms with van der Waals surface area (Å²) in [6.45, 7) is 0. The lowest BCUT2D eigenvalue weighted by Gasteiger charge is -2.26. The Bertz CT molecular complexity index is 3370. The zero-order chi connectivity index (χ0) is 39.8. The highest BCUT2D eigenvalue weighted by Gasteiger charge is 2.15. The fourth-order valence-corrected chi connectivity index (χ4v) is 8.60. The van der Waals surface area contributed by atoms with Crippen LogP contribution in [-0.4, -0.2) is 0 Å². The first-order valence-corrected chi connectivity index (χ1v) is 20.6. The second kappa shape index (κ2) is 15.1. The van der Waals surface area contributed by atoms with E-state index in [0.29, 0.717) is 0 Å². The fourth-order valence-electron chi connectivity index (χ4n) is 8.60. The Morgan fingerprint density at radius 1 is 0.200 bits per heavy atom. The molecule has 0 aliphatic heterocycles. The molecule has 0 heterocycles. The SMILES string of the molecule is C(=C\c1ccc2cc(N(c3ccccc3)c3ccc4cc5ccccc5cc4c3)ccc2c1)/c1ccc(N(c2ccccc2)c2ccc3cc4ccccc4cc3c2)cc1. The Hall–Kier alpha value is -7.94. The lowest BCUT2D eigenvalue weighted by atomic mass is 10.0. The molecule has 11 aromatic rings. The Kier molecular flexibility index (Phi) is 8.87. The van der Waals surface area contributed by atoms with E-state index in [1.807, 2.05) is 0 Å². The summed E-state index contributed by atoms with van der Waals surface area (Å²) in [6, 6.07) is 83.5. The van der Waals surface area contributed by atoms with Gasteiger partial charge >= 0.3 is 0 Å². The van der Waals surface area contributed by atoms with Gasteiger partial charge in [0, 0.05) is 34.1 Å². The molecular formula is C58H40N2. The summed E-state index contributed by atoms with van der Waals surface area (Å²) < 4.78 is 0. The first-order valence-electron chi connectivity index (χ1n) is 20.6. The Labute approximate surface area is 350 Å². The zero-order valence-corrected chi connectivity index (χ0v) is 33.0. The van der Waals surface area contributed by atoms with E-state index < -0.39 is 0 Å². The van der Waals surface area contributed by atoms with Gasteiger partial charge in [-0.2, -0.15) is 0 Å². The van der Waals surface area contributed by atoms with Gasteiger partial charge in [0.15, 0.2) is 0 Å². The molecule has 0 fully saturated rings. The van der Waals surface area contributed by atoms with Crippen LogP contribution in [0.15, 0.2) is 231 Å². The first-order chi connectivity index (χ1) is 29.7. The Morgan fingerprint density at radius 2 is 0.500 bits per heavy atom. The number of rotatable bonds is 8. The lowest BCUT2D eigenvalue weighted by molar-refractivity contribution is 1.29. The fraction of sp³-hybridized carbons (Fsp3) is 0. The van der Waals surface area contributed by atoms with Gasteiger partial charge in [0.1, 0.15) is 0 Å². The minimum atomic E-state index is 1.11. The quantitative estimate of drug-likeness (QED) is 0.112. The third-order valence-electron chi connectivity index (χ3n) is 11.6. The van der Waals surface area contributed by atoms with Crippen molar-refractivity contribution >= 4 is 100 Å². The van der Waals surface area contributed by atoms with Gasteiger partial charge in [0.05, 0.1) is 0 Å². The van der Waals surface area contributed by atoms with Crippen LogP contribution in [0.5, 0.6) is 0 Å². The molecule has 0 amide bonds. The van der Waals surface area contributed by atoms with Crippen LogP contribution in [-0.2, 0) is 0 Å². The number of nitrogens with zero attached hydrogens (tertiary/aromatic N) is 2. The van der Waals surface area contributed by atoms with Gasteiger partial charge in [-0.25, -0.2) is 0 Å². The normalized spacial score (nSPS) is 11.6. The molecule has 2 heteroatoms. The minimum absolute atomic E-state index is 1.11. The van der Waals surface area contributed by atoms with Crippen LogP contribution in [0.25, 0.3) is 66.0 Å². The van der Waals surface area contributed by atoms with Crippen molar-refractivity contribution in [1.29, 1.82) is 0 Å². The molecular weight excluding hydrogens is 725 g/mol. The third-order valence-corrected chi connectivity index (χ3v) is 11.6. The standard InChI is InChI=1S/C58H40N2/c1-3-15-53(16-4-1)59(57-31-26-48-34-43-11-7-9-13-45(43)36-51(48)39-57)55-28-22-41(23-29-55)19-20-42-21-24-50-38-56(30-25-47(50)33-42)60(54-17-5-2-6-18-54)58-32-27-49-35-44-12-8-10-14-46(44)37-52(49)40-58/h1-40H/b20-19+. The maximum Gasteiger partial charge on any atom is 0.0468 e. The molecule has 0 atom stereocenters. The third kappa shape index (κ3) is 6.81.